The summed E-state index contributed by atoms with van der Waals surface area (Å²) < 4.78 is 2.51. The summed E-state index contributed by atoms with van der Waals surface area (Å²) in [7, 11) is 0. The second-order valence-corrected chi connectivity index (χ2v) is 4.90. The van der Waals surface area contributed by atoms with Gasteiger partial charge in [0.15, 0.2) is 4.77 Å². The molecule has 3 rings (SSSR count). The van der Waals surface area contributed by atoms with Gasteiger partial charge >= 0.3 is 0 Å². The number of non-ortho nitro benzene ring substituents is 1. The Morgan fingerprint density at radius 2 is 2.05 bits per heavy atom. The molecule has 0 spiro atoms. The summed E-state index contributed by atoms with van der Waals surface area (Å²) >= 11 is 5.29. The van der Waals surface area contributed by atoms with E-state index in [1.807, 2.05) is 28.8 Å². The van der Waals surface area contributed by atoms with Gasteiger partial charge in [-0.1, -0.05) is 18.2 Å². The second kappa shape index (κ2) is 5.37. The Kier molecular flexibility index (Phi) is 3.41. The van der Waals surface area contributed by atoms with Gasteiger partial charge in [0.25, 0.3) is 5.69 Å². The molecule has 0 aliphatic carbocycles. The molecule has 1 heterocycles. The number of fused-ring (bicyclic) bond motifs is 1. The molecule has 0 saturated heterocycles. The first-order valence-electron chi connectivity index (χ1n) is 6.31. The number of anilines is 1. The van der Waals surface area contributed by atoms with Crippen LogP contribution in [0.2, 0.25) is 0 Å². The van der Waals surface area contributed by atoms with Gasteiger partial charge in [-0.25, -0.2) is 0 Å². The molecule has 2 aromatic carbocycles. The Morgan fingerprint density at radius 3 is 2.86 bits per heavy atom. The second-order valence-electron chi connectivity index (χ2n) is 4.52. The summed E-state index contributed by atoms with van der Waals surface area (Å²) in [5, 5.41) is 13.9. The number of benzene rings is 2. The minimum Gasteiger partial charge on any atom is -0.367 e. The summed E-state index contributed by atoms with van der Waals surface area (Å²) in [5.41, 5.74) is 2.68. The maximum atomic E-state index is 10.8. The van der Waals surface area contributed by atoms with E-state index in [4.69, 9.17) is 12.2 Å². The molecule has 0 aliphatic rings. The fraction of sp³-hybridized carbons (Fsp3) is 0.0714. The zero-order chi connectivity index (χ0) is 14.8. The smallest absolute Gasteiger partial charge is 0.271 e. The molecule has 2 N–H and O–H groups in total. The number of nitrogens with one attached hydrogen (secondary N) is 2. The lowest BCUT2D eigenvalue weighted by atomic mass is 10.3. The molecule has 21 heavy (non-hydrogen) atoms. The molecular formula is C14H12N4O2S. The van der Waals surface area contributed by atoms with Crippen molar-refractivity contribution in [3.8, 4) is 0 Å². The van der Waals surface area contributed by atoms with E-state index in [1.54, 1.807) is 12.1 Å². The number of hydrogen-bond donors (Lipinski definition) is 2. The SMILES string of the molecule is O=[N+]([O-])c1cccc(NCn2c(=S)[nH]c3ccccc32)c1. The van der Waals surface area contributed by atoms with Crippen molar-refractivity contribution in [1.29, 1.82) is 0 Å². The average Bonchev–Trinajstić information content (AvgIpc) is 2.81. The number of hydrogen-bond acceptors (Lipinski definition) is 4. The van der Waals surface area contributed by atoms with Crippen molar-refractivity contribution in [2.45, 2.75) is 6.67 Å². The minimum absolute atomic E-state index is 0.0579. The molecule has 0 saturated carbocycles. The van der Waals surface area contributed by atoms with Gasteiger partial charge in [-0.15, -0.1) is 0 Å². The van der Waals surface area contributed by atoms with E-state index in [-0.39, 0.29) is 5.69 Å². The van der Waals surface area contributed by atoms with Crippen LogP contribution in [-0.2, 0) is 6.67 Å². The van der Waals surface area contributed by atoms with Crippen LogP contribution in [0.5, 0.6) is 0 Å². The molecule has 3 aromatic rings. The van der Waals surface area contributed by atoms with Crippen molar-refractivity contribution >= 4 is 34.6 Å². The van der Waals surface area contributed by atoms with Crippen LogP contribution in [0.15, 0.2) is 48.5 Å². The summed E-state index contributed by atoms with van der Waals surface area (Å²) in [6, 6.07) is 14.2. The lowest BCUT2D eigenvalue weighted by molar-refractivity contribution is -0.384. The zero-order valence-corrected chi connectivity index (χ0v) is 11.8. The number of imidazole rings is 1. The largest absolute Gasteiger partial charge is 0.367 e. The van der Waals surface area contributed by atoms with E-state index in [9.17, 15) is 10.1 Å². The van der Waals surface area contributed by atoms with Crippen molar-refractivity contribution in [1.82, 2.24) is 9.55 Å². The Hall–Kier alpha value is -2.67. The summed E-state index contributed by atoms with van der Waals surface area (Å²) in [6.07, 6.45) is 0. The summed E-state index contributed by atoms with van der Waals surface area (Å²) in [5.74, 6) is 0. The number of aromatic amines is 1. The molecule has 0 radical (unpaired) electrons. The van der Waals surface area contributed by atoms with Crippen molar-refractivity contribution < 1.29 is 4.92 Å². The highest BCUT2D eigenvalue weighted by Gasteiger charge is 2.06. The molecule has 106 valence electrons. The van der Waals surface area contributed by atoms with Crippen LogP contribution in [-0.4, -0.2) is 14.5 Å². The number of nitrogens with zero attached hydrogens (tertiary/aromatic N) is 2. The molecule has 0 unspecified atom stereocenters. The van der Waals surface area contributed by atoms with Crippen LogP contribution in [0.25, 0.3) is 11.0 Å². The number of H-pyrrole nitrogens is 1. The van der Waals surface area contributed by atoms with Gasteiger partial charge in [0.1, 0.15) is 0 Å². The van der Waals surface area contributed by atoms with Crippen LogP contribution < -0.4 is 5.32 Å². The number of nitro groups is 1. The van der Waals surface area contributed by atoms with E-state index in [1.165, 1.54) is 12.1 Å². The van der Waals surface area contributed by atoms with Crippen molar-refractivity contribution in [3.63, 3.8) is 0 Å². The van der Waals surface area contributed by atoms with Gasteiger partial charge in [0, 0.05) is 17.8 Å². The van der Waals surface area contributed by atoms with Crippen LogP contribution in [0.4, 0.5) is 11.4 Å². The molecule has 1 aromatic heterocycles. The predicted molar refractivity (Wildman–Crippen MR) is 83.8 cm³/mol. The Morgan fingerprint density at radius 1 is 1.24 bits per heavy atom. The number of aromatic nitrogens is 2. The highest BCUT2D eigenvalue weighted by Crippen LogP contribution is 2.18. The van der Waals surface area contributed by atoms with Crippen LogP contribution >= 0.6 is 12.2 Å². The maximum Gasteiger partial charge on any atom is 0.271 e. The summed E-state index contributed by atoms with van der Waals surface area (Å²) in [6.45, 7) is 0.435. The number of nitro benzene ring substituents is 1. The minimum atomic E-state index is -0.414. The van der Waals surface area contributed by atoms with Crippen LogP contribution in [0, 0.1) is 14.9 Å². The molecule has 0 aliphatic heterocycles. The molecule has 6 nitrogen and oxygen atoms in total. The third kappa shape index (κ3) is 2.63. The van der Waals surface area contributed by atoms with Gasteiger partial charge in [-0.05, 0) is 30.4 Å². The molecule has 7 heteroatoms. The lowest BCUT2D eigenvalue weighted by Crippen LogP contribution is -2.08. The van der Waals surface area contributed by atoms with Crippen molar-refractivity contribution in [2.24, 2.45) is 0 Å². The number of rotatable bonds is 4. The summed E-state index contributed by atoms with van der Waals surface area (Å²) in [4.78, 5) is 13.5. The van der Waals surface area contributed by atoms with E-state index in [0.717, 1.165) is 11.0 Å². The topological polar surface area (TPSA) is 75.9 Å². The van der Waals surface area contributed by atoms with E-state index in [0.29, 0.717) is 17.1 Å². The third-order valence-corrected chi connectivity index (χ3v) is 3.50. The first kappa shape index (κ1) is 13.3. The quantitative estimate of drug-likeness (QED) is 0.438. The van der Waals surface area contributed by atoms with Gasteiger partial charge in [0.05, 0.1) is 22.6 Å². The molecule has 0 amide bonds. The van der Waals surface area contributed by atoms with Gasteiger partial charge in [-0.3, -0.25) is 14.7 Å². The highest BCUT2D eigenvalue weighted by molar-refractivity contribution is 7.71. The van der Waals surface area contributed by atoms with Gasteiger partial charge < -0.3 is 10.3 Å². The standard InChI is InChI=1S/C14H12N4O2S/c19-18(20)11-5-3-4-10(8-11)15-9-17-13-7-2-1-6-12(13)16-14(17)21/h1-8,15H,9H2,(H,16,21). The molecule has 0 fully saturated rings. The van der Waals surface area contributed by atoms with E-state index >= 15 is 0 Å². The molecule has 0 bridgehead atoms. The Bertz CT molecular complexity index is 869. The average molecular weight is 300 g/mol. The molecule has 0 atom stereocenters. The third-order valence-electron chi connectivity index (χ3n) is 3.18. The fourth-order valence-electron chi connectivity index (χ4n) is 2.16. The maximum absolute atomic E-state index is 10.8. The molecular weight excluding hydrogens is 288 g/mol. The predicted octanol–water partition coefficient (Wildman–Crippen LogP) is 3.68. The first-order valence-corrected chi connectivity index (χ1v) is 6.72. The lowest BCUT2D eigenvalue weighted by Gasteiger charge is -2.08. The van der Waals surface area contributed by atoms with Crippen LogP contribution in [0.3, 0.4) is 0 Å². The van der Waals surface area contributed by atoms with Crippen molar-refractivity contribution in [2.75, 3.05) is 5.32 Å². The van der Waals surface area contributed by atoms with E-state index < -0.39 is 4.92 Å². The Balaban J connectivity index is 1.87. The van der Waals surface area contributed by atoms with Crippen LogP contribution in [0.1, 0.15) is 0 Å². The van der Waals surface area contributed by atoms with E-state index in [2.05, 4.69) is 10.3 Å². The monoisotopic (exact) mass is 300 g/mol. The zero-order valence-electron chi connectivity index (χ0n) is 10.9. The number of para-hydroxylation sites is 2. The van der Waals surface area contributed by atoms with Gasteiger partial charge in [-0.2, -0.15) is 0 Å². The Labute approximate surface area is 125 Å². The van der Waals surface area contributed by atoms with Gasteiger partial charge in [0.2, 0.25) is 0 Å². The first-order chi connectivity index (χ1) is 10.1. The normalized spacial score (nSPS) is 10.7. The highest BCUT2D eigenvalue weighted by atomic mass is 32.1. The van der Waals surface area contributed by atoms with Crippen molar-refractivity contribution in [3.05, 3.63) is 63.4 Å². The fourth-order valence-corrected chi connectivity index (χ4v) is 2.44.